The number of aryl methyl sites for hydroxylation is 1. The minimum atomic E-state index is -0.674. The lowest BCUT2D eigenvalue weighted by Gasteiger charge is -2.25. The molecular formula is C26H31N3O4. The molecule has 0 spiro atoms. The van der Waals surface area contributed by atoms with Gasteiger partial charge in [-0.3, -0.25) is 9.69 Å². The van der Waals surface area contributed by atoms with E-state index in [1.54, 1.807) is 24.4 Å². The number of benzene rings is 2. The Hall–Kier alpha value is -3.42. The molecule has 3 aromatic rings. The van der Waals surface area contributed by atoms with Crippen LogP contribution in [-0.4, -0.2) is 53.3 Å². The van der Waals surface area contributed by atoms with Crippen molar-refractivity contribution < 1.29 is 19.4 Å². The molecule has 33 heavy (non-hydrogen) atoms. The average Bonchev–Trinajstić information content (AvgIpc) is 2.82. The Balaban J connectivity index is 1.54. The van der Waals surface area contributed by atoms with Crippen molar-refractivity contribution in [1.82, 2.24) is 9.88 Å². The van der Waals surface area contributed by atoms with Crippen molar-refractivity contribution in [2.45, 2.75) is 26.0 Å². The number of carbonyl (C=O) groups excluding carboxylic acids is 1. The number of pyridine rings is 1. The molecule has 0 saturated heterocycles. The van der Waals surface area contributed by atoms with Crippen LogP contribution in [-0.2, 0) is 6.54 Å². The fourth-order valence-corrected chi connectivity index (χ4v) is 3.49. The molecule has 0 aliphatic heterocycles. The van der Waals surface area contributed by atoms with Crippen molar-refractivity contribution in [3.63, 3.8) is 0 Å². The summed E-state index contributed by atoms with van der Waals surface area (Å²) in [5, 5.41) is 10.6. The van der Waals surface area contributed by atoms with Gasteiger partial charge in [0.05, 0.1) is 12.2 Å². The Labute approximate surface area is 194 Å². The van der Waals surface area contributed by atoms with Crippen LogP contribution in [0.15, 0.2) is 72.9 Å². The number of amides is 1. The maximum Gasteiger partial charge on any atom is 0.252 e. The third-order valence-corrected chi connectivity index (χ3v) is 5.12. The van der Waals surface area contributed by atoms with Gasteiger partial charge in [0.25, 0.3) is 5.91 Å². The predicted molar refractivity (Wildman–Crippen MR) is 127 cm³/mol. The second-order valence-corrected chi connectivity index (χ2v) is 7.87. The second-order valence-electron chi connectivity index (χ2n) is 7.87. The molecule has 3 N–H and O–H groups in total. The topological polar surface area (TPSA) is 97.9 Å². The van der Waals surface area contributed by atoms with Crippen LogP contribution < -0.4 is 15.2 Å². The van der Waals surface area contributed by atoms with E-state index in [1.807, 2.05) is 43.3 Å². The van der Waals surface area contributed by atoms with Crippen LogP contribution in [0.5, 0.6) is 11.6 Å². The predicted octanol–water partition coefficient (Wildman–Crippen LogP) is 3.20. The van der Waals surface area contributed by atoms with Crippen LogP contribution in [0.3, 0.4) is 0 Å². The van der Waals surface area contributed by atoms with Gasteiger partial charge >= 0.3 is 0 Å². The SMILES string of the molecule is Cc1cccnc1OCC(O)CN(CCCOc1ccccc1C(N)=O)Cc1ccccc1. The monoisotopic (exact) mass is 449 g/mol. The normalized spacial score (nSPS) is 11.8. The van der Waals surface area contributed by atoms with E-state index in [4.69, 9.17) is 15.2 Å². The van der Waals surface area contributed by atoms with Gasteiger partial charge in [-0.25, -0.2) is 4.98 Å². The van der Waals surface area contributed by atoms with E-state index in [1.165, 1.54) is 0 Å². The summed E-state index contributed by atoms with van der Waals surface area (Å²) in [5.74, 6) is 0.508. The van der Waals surface area contributed by atoms with Gasteiger partial charge in [-0.05, 0) is 37.1 Å². The molecule has 3 rings (SSSR count). The zero-order valence-corrected chi connectivity index (χ0v) is 18.9. The van der Waals surface area contributed by atoms with Gasteiger partial charge < -0.3 is 20.3 Å². The third-order valence-electron chi connectivity index (χ3n) is 5.12. The molecule has 1 unspecified atom stereocenters. The molecule has 2 aromatic carbocycles. The highest BCUT2D eigenvalue weighted by molar-refractivity contribution is 5.95. The minimum Gasteiger partial charge on any atom is -0.493 e. The smallest absolute Gasteiger partial charge is 0.252 e. The van der Waals surface area contributed by atoms with Gasteiger partial charge in [0.2, 0.25) is 5.88 Å². The molecule has 0 aliphatic carbocycles. The fraction of sp³-hybridized carbons (Fsp3) is 0.308. The number of aliphatic hydroxyl groups is 1. The minimum absolute atomic E-state index is 0.158. The molecule has 1 aromatic heterocycles. The lowest BCUT2D eigenvalue weighted by molar-refractivity contribution is 0.0618. The maximum atomic E-state index is 11.6. The quantitative estimate of drug-likeness (QED) is 0.389. The fourth-order valence-electron chi connectivity index (χ4n) is 3.49. The highest BCUT2D eigenvalue weighted by atomic mass is 16.5. The number of ether oxygens (including phenoxy) is 2. The first-order valence-electron chi connectivity index (χ1n) is 11.0. The summed E-state index contributed by atoms with van der Waals surface area (Å²) in [6.45, 7) is 4.35. The van der Waals surface area contributed by atoms with Gasteiger partial charge in [0.15, 0.2) is 0 Å². The highest BCUT2D eigenvalue weighted by Gasteiger charge is 2.15. The summed E-state index contributed by atoms with van der Waals surface area (Å²) >= 11 is 0. The molecule has 7 nitrogen and oxygen atoms in total. The first-order valence-corrected chi connectivity index (χ1v) is 11.0. The zero-order chi connectivity index (χ0) is 23.5. The molecule has 1 heterocycles. The number of para-hydroxylation sites is 1. The summed E-state index contributed by atoms with van der Waals surface area (Å²) in [6.07, 6.45) is 1.71. The molecule has 0 bridgehead atoms. The van der Waals surface area contributed by atoms with Crippen LogP contribution in [0.4, 0.5) is 0 Å². The highest BCUT2D eigenvalue weighted by Crippen LogP contribution is 2.18. The molecule has 174 valence electrons. The number of rotatable bonds is 13. The number of carbonyl (C=O) groups is 1. The van der Waals surface area contributed by atoms with E-state index < -0.39 is 12.0 Å². The largest absolute Gasteiger partial charge is 0.493 e. The van der Waals surface area contributed by atoms with Crippen molar-refractivity contribution in [2.75, 3.05) is 26.3 Å². The van der Waals surface area contributed by atoms with Crippen molar-refractivity contribution >= 4 is 5.91 Å². The Morgan fingerprint density at radius 2 is 1.82 bits per heavy atom. The van der Waals surface area contributed by atoms with Crippen LogP contribution in [0.25, 0.3) is 0 Å². The first-order chi connectivity index (χ1) is 16.0. The van der Waals surface area contributed by atoms with Crippen LogP contribution in [0.2, 0.25) is 0 Å². The van der Waals surface area contributed by atoms with Crippen molar-refractivity contribution in [3.05, 3.63) is 89.6 Å². The van der Waals surface area contributed by atoms with Crippen molar-refractivity contribution in [3.8, 4) is 11.6 Å². The van der Waals surface area contributed by atoms with Crippen LogP contribution in [0, 0.1) is 6.92 Å². The third kappa shape index (κ3) is 7.89. The number of nitrogens with zero attached hydrogens (tertiary/aromatic N) is 2. The van der Waals surface area contributed by atoms with Gasteiger partial charge in [-0.1, -0.05) is 48.5 Å². The van der Waals surface area contributed by atoms with E-state index in [-0.39, 0.29) is 6.61 Å². The number of aromatic nitrogens is 1. The molecule has 0 fully saturated rings. The summed E-state index contributed by atoms with van der Waals surface area (Å²) in [5.41, 5.74) is 7.88. The Morgan fingerprint density at radius 3 is 2.58 bits per heavy atom. The Morgan fingerprint density at radius 1 is 1.06 bits per heavy atom. The Kier molecular flexibility index (Phi) is 9.23. The van der Waals surface area contributed by atoms with E-state index in [0.717, 1.165) is 11.1 Å². The van der Waals surface area contributed by atoms with E-state index in [0.29, 0.717) is 49.9 Å². The zero-order valence-electron chi connectivity index (χ0n) is 18.9. The molecule has 7 heteroatoms. The van der Waals surface area contributed by atoms with E-state index >= 15 is 0 Å². The standard InChI is InChI=1S/C26H31N3O4/c1-20-9-7-14-28-26(20)33-19-22(30)18-29(17-21-10-3-2-4-11-21)15-8-16-32-24-13-6-5-12-23(24)25(27)31/h2-7,9-14,22,30H,8,15-19H2,1H3,(H2,27,31). The number of hydrogen-bond donors (Lipinski definition) is 2. The number of aliphatic hydroxyl groups excluding tert-OH is 1. The van der Waals surface area contributed by atoms with Gasteiger partial charge in [-0.2, -0.15) is 0 Å². The Bertz CT molecular complexity index is 1010. The van der Waals surface area contributed by atoms with Gasteiger partial charge in [-0.15, -0.1) is 0 Å². The second kappa shape index (κ2) is 12.6. The molecule has 0 radical (unpaired) electrons. The lowest BCUT2D eigenvalue weighted by atomic mass is 10.2. The lowest BCUT2D eigenvalue weighted by Crippen LogP contribution is -2.36. The van der Waals surface area contributed by atoms with Gasteiger partial charge in [0.1, 0.15) is 18.5 Å². The molecule has 0 aliphatic rings. The summed E-state index contributed by atoms with van der Waals surface area (Å²) < 4.78 is 11.5. The number of hydrogen-bond acceptors (Lipinski definition) is 6. The van der Waals surface area contributed by atoms with E-state index in [2.05, 4.69) is 22.0 Å². The molecular weight excluding hydrogens is 418 g/mol. The number of primary amides is 1. The molecule has 1 atom stereocenters. The molecule has 0 saturated carbocycles. The van der Waals surface area contributed by atoms with E-state index in [9.17, 15) is 9.90 Å². The van der Waals surface area contributed by atoms with Crippen LogP contribution in [0.1, 0.15) is 27.9 Å². The van der Waals surface area contributed by atoms with Gasteiger partial charge in [0, 0.05) is 31.4 Å². The van der Waals surface area contributed by atoms with Crippen molar-refractivity contribution in [2.24, 2.45) is 5.73 Å². The molecule has 1 amide bonds. The van der Waals surface area contributed by atoms with Crippen molar-refractivity contribution in [1.29, 1.82) is 0 Å². The summed E-state index contributed by atoms with van der Waals surface area (Å²) in [4.78, 5) is 17.9. The summed E-state index contributed by atoms with van der Waals surface area (Å²) in [6, 6.07) is 20.8. The van der Waals surface area contributed by atoms with Crippen LogP contribution >= 0.6 is 0 Å². The first kappa shape index (κ1) is 24.2. The average molecular weight is 450 g/mol. The maximum absolute atomic E-state index is 11.6. The summed E-state index contributed by atoms with van der Waals surface area (Å²) in [7, 11) is 0. The number of nitrogens with two attached hydrogens (primary N) is 1.